The third kappa shape index (κ3) is 3.57. The van der Waals surface area contributed by atoms with E-state index in [1.165, 1.54) is 16.7 Å². The predicted molar refractivity (Wildman–Crippen MR) is 78.2 cm³/mol. The number of hydrogen-bond donors (Lipinski definition) is 1. The van der Waals surface area contributed by atoms with E-state index in [4.69, 9.17) is 0 Å². The third-order valence-electron chi connectivity index (χ3n) is 3.95. The summed E-state index contributed by atoms with van der Waals surface area (Å²) in [5.41, 5.74) is 4.12. The van der Waals surface area contributed by atoms with Gasteiger partial charge in [-0.3, -0.25) is 4.79 Å². The van der Waals surface area contributed by atoms with E-state index in [1.54, 1.807) is 0 Å². The van der Waals surface area contributed by atoms with Crippen LogP contribution in [0, 0.1) is 0 Å². The van der Waals surface area contributed by atoms with E-state index in [0.717, 1.165) is 25.9 Å². The number of fused-ring (bicyclic) bond motifs is 1. The van der Waals surface area contributed by atoms with E-state index in [1.807, 2.05) is 6.92 Å². The lowest BCUT2D eigenvalue weighted by Crippen LogP contribution is -2.25. The zero-order valence-corrected chi connectivity index (χ0v) is 12.2. The topological polar surface area (TPSA) is 32.3 Å². The number of benzene rings is 1. The average Bonchev–Trinajstić information content (AvgIpc) is 2.60. The summed E-state index contributed by atoms with van der Waals surface area (Å²) in [6.45, 7) is 6.19. The molecular weight excluding hydrogens is 236 g/mol. The van der Waals surface area contributed by atoms with Gasteiger partial charge in [0.2, 0.25) is 5.91 Å². The van der Waals surface area contributed by atoms with E-state index >= 15 is 0 Å². The molecule has 2 rings (SSSR count). The highest BCUT2D eigenvalue weighted by atomic mass is 16.1. The first-order valence-electron chi connectivity index (χ1n) is 7.19. The van der Waals surface area contributed by atoms with Crippen LogP contribution in [-0.2, 0) is 17.6 Å². The van der Waals surface area contributed by atoms with Gasteiger partial charge in [-0.15, -0.1) is 0 Å². The second-order valence-electron chi connectivity index (χ2n) is 5.47. The van der Waals surface area contributed by atoms with Gasteiger partial charge in [-0.05, 0) is 43.5 Å². The Balaban J connectivity index is 2.14. The Morgan fingerprint density at radius 2 is 2.00 bits per heavy atom. The van der Waals surface area contributed by atoms with Crippen molar-refractivity contribution in [2.45, 2.75) is 39.2 Å². The van der Waals surface area contributed by atoms with Crippen LogP contribution in [0.4, 0.5) is 0 Å². The maximum absolute atomic E-state index is 11.5. The molecule has 0 saturated carbocycles. The zero-order chi connectivity index (χ0) is 13.8. The van der Waals surface area contributed by atoms with Crippen molar-refractivity contribution < 1.29 is 4.79 Å². The van der Waals surface area contributed by atoms with Gasteiger partial charge in [0.25, 0.3) is 0 Å². The molecule has 3 heteroatoms. The molecule has 1 aliphatic rings. The van der Waals surface area contributed by atoms with Crippen LogP contribution in [0.25, 0.3) is 0 Å². The molecule has 0 aromatic heterocycles. The molecular formula is C16H24N2O. The molecule has 1 unspecified atom stereocenters. The van der Waals surface area contributed by atoms with Crippen molar-refractivity contribution in [3.8, 4) is 0 Å². The number of hydrogen-bond acceptors (Lipinski definition) is 2. The van der Waals surface area contributed by atoms with Crippen molar-refractivity contribution in [2.24, 2.45) is 0 Å². The first-order chi connectivity index (χ1) is 9.10. The smallest absolute Gasteiger partial charge is 0.220 e. The summed E-state index contributed by atoms with van der Waals surface area (Å²) in [7, 11) is 2.18. The molecule has 1 N–H and O–H groups in total. The quantitative estimate of drug-likeness (QED) is 0.904. The molecule has 0 bridgehead atoms. The predicted octanol–water partition coefficient (Wildman–Crippen LogP) is 2.30. The highest BCUT2D eigenvalue weighted by molar-refractivity contribution is 5.76. The molecule has 1 aliphatic heterocycles. The molecule has 0 aliphatic carbocycles. The van der Waals surface area contributed by atoms with Crippen molar-refractivity contribution in [1.82, 2.24) is 10.2 Å². The van der Waals surface area contributed by atoms with Gasteiger partial charge in [-0.25, -0.2) is 0 Å². The molecule has 1 amide bonds. The lowest BCUT2D eigenvalue weighted by Gasteiger charge is -2.16. The first kappa shape index (κ1) is 14.1. The number of nitrogens with one attached hydrogen (secondary N) is 1. The number of nitrogens with zero attached hydrogens (tertiary/aromatic N) is 1. The van der Waals surface area contributed by atoms with Crippen molar-refractivity contribution in [2.75, 3.05) is 20.1 Å². The minimum Gasteiger partial charge on any atom is -0.350 e. The Hall–Kier alpha value is -1.35. The zero-order valence-electron chi connectivity index (χ0n) is 12.2. The molecule has 0 saturated heterocycles. The summed E-state index contributed by atoms with van der Waals surface area (Å²) in [5.74, 6) is 0.113. The molecule has 19 heavy (non-hydrogen) atoms. The minimum absolute atomic E-state index is 0.0960. The number of rotatable bonds is 3. The van der Waals surface area contributed by atoms with E-state index < -0.39 is 0 Å². The highest BCUT2D eigenvalue weighted by Crippen LogP contribution is 2.21. The van der Waals surface area contributed by atoms with Crippen LogP contribution in [0.1, 0.15) is 43.0 Å². The maximum Gasteiger partial charge on any atom is 0.220 e. The van der Waals surface area contributed by atoms with Gasteiger partial charge in [-0.2, -0.15) is 0 Å². The largest absolute Gasteiger partial charge is 0.350 e. The summed E-state index contributed by atoms with van der Waals surface area (Å²) < 4.78 is 0. The standard InChI is InChI=1S/C16H24N2O/c1-4-16(19)17-12(2)14-6-5-13-7-9-18(3)10-8-15(13)11-14/h5-6,11-12H,4,7-10H2,1-3H3,(H,17,19). The van der Waals surface area contributed by atoms with Gasteiger partial charge in [0.15, 0.2) is 0 Å². The summed E-state index contributed by atoms with van der Waals surface area (Å²) >= 11 is 0. The highest BCUT2D eigenvalue weighted by Gasteiger charge is 2.14. The van der Waals surface area contributed by atoms with Crippen molar-refractivity contribution in [3.63, 3.8) is 0 Å². The Labute approximate surface area is 116 Å². The van der Waals surface area contributed by atoms with Gasteiger partial charge in [0, 0.05) is 19.5 Å². The van der Waals surface area contributed by atoms with Crippen LogP contribution in [0.5, 0.6) is 0 Å². The SMILES string of the molecule is CCC(=O)NC(C)c1ccc2c(c1)CCN(C)CC2. The van der Waals surface area contributed by atoms with Gasteiger partial charge < -0.3 is 10.2 Å². The Bertz CT molecular complexity index is 456. The fourth-order valence-electron chi connectivity index (χ4n) is 2.55. The van der Waals surface area contributed by atoms with E-state index in [9.17, 15) is 4.79 Å². The summed E-state index contributed by atoms with van der Waals surface area (Å²) in [5, 5.41) is 3.03. The average molecular weight is 260 g/mol. The molecule has 3 nitrogen and oxygen atoms in total. The number of carbonyl (C=O) groups excluding carboxylic acids is 1. The summed E-state index contributed by atoms with van der Waals surface area (Å²) in [6, 6.07) is 6.76. The third-order valence-corrected chi connectivity index (χ3v) is 3.95. The molecule has 1 aromatic carbocycles. The molecule has 0 spiro atoms. The summed E-state index contributed by atoms with van der Waals surface area (Å²) in [4.78, 5) is 13.8. The van der Waals surface area contributed by atoms with Gasteiger partial charge >= 0.3 is 0 Å². The Morgan fingerprint density at radius 1 is 1.32 bits per heavy atom. The van der Waals surface area contributed by atoms with Gasteiger partial charge in [0.05, 0.1) is 6.04 Å². The Kier molecular flexibility index (Phi) is 4.59. The lowest BCUT2D eigenvalue weighted by atomic mass is 9.97. The minimum atomic E-state index is 0.0960. The van der Waals surface area contributed by atoms with Gasteiger partial charge in [0.1, 0.15) is 0 Å². The van der Waals surface area contributed by atoms with Crippen molar-refractivity contribution in [1.29, 1.82) is 0 Å². The van der Waals surface area contributed by atoms with Crippen molar-refractivity contribution in [3.05, 3.63) is 34.9 Å². The van der Waals surface area contributed by atoms with Gasteiger partial charge in [-0.1, -0.05) is 25.1 Å². The second-order valence-corrected chi connectivity index (χ2v) is 5.47. The normalized spacial score (nSPS) is 17.4. The molecule has 1 heterocycles. The van der Waals surface area contributed by atoms with Crippen LogP contribution < -0.4 is 5.32 Å². The number of likely N-dealkylation sites (N-methyl/N-ethyl adjacent to an activating group) is 1. The summed E-state index contributed by atoms with van der Waals surface area (Å²) in [6.07, 6.45) is 2.77. The second kappa shape index (κ2) is 6.20. The van der Waals surface area contributed by atoms with Crippen LogP contribution in [0.15, 0.2) is 18.2 Å². The fraction of sp³-hybridized carbons (Fsp3) is 0.562. The molecule has 0 fully saturated rings. The molecule has 0 radical (unpaired) electrons. The van der Waals surface area contributed by atoms with Crippen LogP contribution in [-0.4, -0.2) is 30.9 Å². The molecule has 1 atom stereocenters. The fourth-order valence-corrected chi connectivity index (χ4v) is 2.55. The maximum atomic E-state index is 11.5. The number of amides is 1. The molecule has 1 aromatic rings. The van der Waals surface area contributed by atoms with E-state index in [0.29, 0.717) is 6.42 Å². The number of carbonyl (C=O) groups is 1. The monoisotopic (exact) mass is 260 g/mol. The first-order valence-corrected chi connectivity index (χ1v) is 7.19. The van der Waals surface area contributed by atoms with Crippen LogP contribution in [0.3, 0.4) is 0 Å². The van der Waals surface area contributed by atoms with E-state index in [2.05, 4.69) is 42.4 Å². The van der Waals surface area contributed by atoms with Crippen LogP contribution >= 0.6 is 0 Å². The Morgan fingerprint density at radius 3 is 2.68 bits per heavy atom. The molecule has 104 valence electrons. The van der Waals surface area contributed by atoms with Crippen LogP contribution in [0.2, 0.25) is 0 Å². The van der Waals surface area contributed by atoms with Crippen molar-refractivity contribution >= 4 is 5.91 Å². The van der Waals surface area contributed by atoms with E-state index in [-0.39, 0.29) is 11.9 Å². The lowest BCUT2D eigenvalue weighted by molar-refractivity contribution is -0.121.